The van der Waals surface area contributed by atoms with Gasteiger partial charge >= 0.3 is 0 Å². The monoisotopic (exact) mass is 353 g/mol. The van der Waals surface area contributed by atoms with Crippen molar-refractivity contribution in [2.24, 2.45) is 0 Å². The van der Waals surface area contributed by atoms with Crippen molar-refractivity contribution in [2.45, 2.75) is 32.3 Å². The Hall–Kier alpha value is -2.67. The number of likely N-dealkylation sites (N-methyl/N-ethyl adjacent to an activating group) is 1. The van der Waals surface area contributed by atoms with Gasteiger partial charge in [0, 0.05) is 37.0 Å². The lowest BCUT2D eigenvalue weighted by Crippen LogP contribution is -2.36. The van der Waals surface area contributed by atoms with Gasteiger partial charge in [0.1, 0.15) is 17.8 Å². The molecule has 1 amide bonds. The Morgan fingerprint density at radius 3 is 3.00 bits per heavy atom. The summed E-state index contributed by atoms with van der Waals surface area (Å²) in [5, 5.41) is 7.95. The molecule has 0 saturated carbocycles. The first-order chi connectivity index (χ1) is 12.5. The number of carbonyl (C=O) groups is 1. The summed E-state index contributed by atoms with van der Waals surface area (Å²) in [7, 11) is 1.82. The smallest absolute Gasteiger partial charge is 0.270 e. The van der Waals surface area contributed by atoms with Crippen LogP contribution in [0.25, 0.3) is 10.9 Å². The third-order valence-electron chi connectivity index (χ3n) is 5.22. The van der Waals surface area contributed by atoms with Crippen molar-refractivity contribution < 1.29 is 9.53 Å². The van der Waals surface area contributed by atoms with Crippen LogP contribution in [0, 0.1) is 13.8 Å². The van der Waals surface area contributed by atoms with Gasteiger partial charge in [0.05, 0.1) is 6.10 Å². The van der Waals surface area contributed by atoms with E-state index < -0.39 is 0 Å². The van der Waals surface area contributed by atoms with E-state index in [4.69, 9.17) is 4.74 Å². The van der Waals surface area contributed by atoms with Crippen LogP contribution in [-0.4, -0.2) is 57.3 Å². The van der Waals surface area contributed by atoms with Gasteiger partial charge in [-0.25, -0.2) is 4.98 Å². The van der Waals surface area contributed by atoms with Crippen LogP contribution in [0.15, 0.2) is 24.5 Å². The molecule has 7 heteroatoms. The van der Waals surface area contributed by atoms with Crippen molar-refractivity contribution in [2.75, 3.05) is 20.2 Å². The number of amides is 1. The summed E-state index contributed by atoms with van der Waals surface area (Å²) in [6.07, 6.45) is 2.31. The van der Waals surface area contributed by atoms with E-state index in [0.29, 0.717) is 18.8 Å². The van der Waals surface area contributed by atoms with Crippen LogP contribution in [0.1, 0.15) is 39.8 Å². The second kappa shape index (κ2) is 6.57. The van der Waals surface area contributed by atoms with Crippen LogP contribution in [0.5, 0.6) is 0 Å². The number of aromatic amines is 2. The molecule has 0 bridgehead atoms. The Labute approximate surface area is 151 Å². The van der Waals surface area contributed by atoms with Crippen molar-refractivity contribution in [1.29, 1.82) is 0 Å². The van der Waals surface area contributed by atoms with E-state index in [1.165, 1.54) is 11.9 Å². The number of H-pyrrole nitrogens is 2. The zero-order chi connectivity index (χ0) is 18.3. The van der Waals surface area contributed by atoms with E-state index in [9.17, 15) is 4.79 Å². The molecule has 3 aromatic rings. The van der Waals surface area contributed by atoms with Gasteiger partial charge in [-0.3, -0.25) is 9.89 Å². The number of benzene rings is 1. The highest BCUT2D eigenvalue weighted by molar-refractivity contribution is 6.00. The van der Waals surface area contributed by atoms with Crippen molar-refractivity contribution >= 4 is 16.8 Å². The topological polar surface area (TPSA) is 86.9 Å². The third kappa shape index (κ3) is 2.88. The molecular weight excluding hydrogens is 330 g/mol. The standard InChI is InChI=1S/C19H23N5O2/c1-11-4-5-15-14(8-11)12(2)17(22-15)19(25)24(3)9-16-13(6-7-26-16)18-20-10-21-23-18/h4-5,8,10,13,16,22H,6-7,9H2,1-3H3,(H,20,21,23)/t13-,16-/m1/s1. The molecule has 0 spiro atoms. The molecule has 1 saturated heterocycles. The van der Waals surface area contributed by atoms with Crippen molar-refractivity contribution in [3.8, 4) is 0 Å². The van der Waals surface area contributed by atoms with Crippen molar-refractivity contribution in [3.05, 3.63) is 47.2 Å². The Morgan fingerprint density at radius 1 is 1.38 bits per heavy atom. The minimum absolute atomic E-state index is 0.0248. The van der Waals surface area contributed by atoms with E-state index >= 15 is 0 Å². The van der Waals surface area contributed by atoms with Gasteiger partial charge in [0.15, 0.2) is 0 Å². The van der Waals surface area contributed by atoms with E-state index in [0.717, 1.165) is 28.7 Å². The predicted octanol–water partition coefficient (Wildman–Crippen LogP) is 2.55. The fourth-order valence-electron chi connectivity index (χ4n) is 3.73. The summed E-state index contributed by atoms with van der Waals surface area (Å²) >= 11 is 0. The van der Waals surface area contributed by atoms with Gasteiger partial charge in [-0.1, -0.05) is 11.6 Å². The van der Waals surface area contributed by atoms with Gasteiger partial charge < -0.3 is 14.6 Å². The Bertz CT molecular complexity index is 931. The van der Waals surface area contributed by atoms with Crippen molar-refractivity contribution in [3.63, 3.8) is 0 Å². The molecule has 136 valence electrons. The highest BCUT2D eigenvalue weighted by atomic mass is 16.5. The molecule has 0 radical (unpaired) electrons. The summed E-state index contributed by atoms with van der Waals surface area (Å²) < 4.78 is 5.86. The van der Waals surface area contributed by atoms with Gasteiger partial charge in [-0.05, 0) is 38.0 Å². The Morgan fingerprint density at radius 2 is 2.23 bits per heavy atom. The number of fused-ring (bicyclic) bond motifs is 1. The summed E-state index contributed by atoms with van der Waals surface area (Å²) in [5.74, 6) is 0.938. The molecule has 1 aromatic carbocycles. The average Bonchev–Trinajstić information content (AvgIpc) is 3.35. The largest absolute Gasteiger partial charge is 0.376 e. The maximum atomic E-state index is 13.0. The quantitative estimate of drug-likeness (QED) is 0.755. The van der Waals surface area contributed by atoms with Gasteiger partial charge in [0.25, 0.3) is 5.91 Å². The molecule has 1 aliphatic heterocycles. The maximum Gasteiger partial charge on any atom is 0.270 e. The number of carbonyl (C=O) groups excluding carboxylic acids is 1. The maximum absolute atomic E-state index is 13.0. The van der Waals surface area contributed by atoms with Crippen LogP contribution < -0.4 is 0 Å². The summed E-state index contributed by atoms with van der Waals surface area (Å²) in [6, 6.07) is 6.18. The van der Waals surface area contributed by atoms with Crippen LogP contribution in [-0.2, 0) is 4.74 Å². The summed E-state index contributed by atoms with van der Waals surface area (Å²) in [5.41, 5.74) is 3.80. The normalized spacial score (nSPS) is 20.0. The third-order valence-corrected chi connectivity index (χ3v) is 5.22. The molecule has 26 heavy (non-hydrogen) atoms. The van der Waals surface area contributed by atoms with E-state index in [2.05, 4.69) is 33.2 Å². The predicted molar refractivity (Wildman–Crippen MR) is 98.2 cm³/mol. The number of aromatic nitrogens is 4. The fraction of sp³-hybridized carbons (Fsp3) is 0.421. The minimum atomic E-state index is -0.0798. The number of ether oxygens (including phenoxy) is 1. The highest BCUT2D eigenvalue weighted by Gasteiger charge is 2.34. The van der Waals surface area contributed by atoms with E-state index in [-0.39, 0.29) is 17.9 Å². The zero-order valence-corrected chi connectivity index (χ0v) is 15.2. The molecule has 1 aliphatic rings. The second-order valence-corrected chi connectivity index (χ2v) is 7.03. The zero-order valence-electron chi connectivity index (χ0n) is 15.2. The Kier molecular flexibility index (Phi) is 4.24. The average molecular weight is 353 g/mol. The van der Waals surface area contributed by atoms with E-state index in [1.807, 2.05) is 26.1 Å². The van der Waals surface area contributed by atoms with Gasteiger partial charge in [0.2, 0.25) is 0 Å². The van der Waals surface area contributed by atoms with Crippen LogP contribution in [0.4, 0.5) is 0 Å². The molecule has 2 N–H and O–H groups in total. The number of nitrogens with zero attached hydrogens (tertiary/aromatic N) is 3. The fourth-order valence-corrected chi connectivity index (χ4v) is 3.73. The summed E-state index contributed by atoms with van der Waals surface area (Å²) in [4.78, 5) is 22.3. The van der Waals surface area contributed by atoms with Gasteiger partial charge in [-0.15, -0.1) is 0 Å². The molecule has 2 atom stereocenters. The first-order valence-corrected chi connectivity index (χ1v) is 8.86. The number of nitrogens with one attached hydrogen (secondary N) is 2. The van der Waals surface area contributed by atoms with E-state index in [1.54, 1.807) is 4.90 Å². The molecule has 0 unspecified atom stereocenters. The number of rotatable bonds is 4. The first kappa shape index (κ1) is 16.8. The summed E-state index contributed by atoms with van der Waals surface area (Å²) in [6.45, 7) is 5.23. The van der Waals surface area contributed by atoms with Crippen LogP contribution >= 0.6 is 0 Å². The van der Waals surface area contributed by atoms with Crippen LogP contribution in [0.3, 0.4) is 0 Å². The lowest BCUT2D eigenvalue weighted by molar-refractivity contribution is 0.0546. The lowest BCUT2D eigenvalue weighted by Gasteiger charge is -2.24. The van der Waals surface area contributed by atoms with Crippen LogP contribution in [0.2, 0.25) is 0 Å². The number of hydrogen-bond acceptors (Lipinski definition) is 4. The molecule has 0 aliphatic carbocycles. The molecule has 3 heterocycles. The SMILES string of the molecule is Cc1ccc2[nH]c(C(=O)N(C)C[C@H]3OCC[C@H]3c3ncn[nH]3)c(C)c2c1. The molecular formula is C19H23N5O2. The Balaban J connectivity index is 1.54. The van der Waals surface area contributed by atoms with Gasteiger partial charge in [-0.2, -0.15) is 5.10 Å². The molecule has 1 fully saturated rings. The number of hydrogen-bond donors (Lipinski definition) is 2. The number of aryl methyl sites for hydroxylation is 2. The van der Waals surface area contributed by atoms with Crippen molar-refractivity contribution in [1.82, 2.24) is 25.1 Å². The highest BCUT2D eigenvalue weighted by Crippen LogP contribution is 2.30. The molecule has 4 rings (SSSR count). The minimum Gasteiger partial charge on any atom is -0.376 e. The first-order valence-electron chi connectivity index (χ1n) is 8.86. The molecule has 7 nitrogen and oxygen atoms in total. The molecule has 2 aromatic heterocycles. The second-order valence-electron chi connectivity index (χ2n) is 7.03. The lowest BCUT2D eigenvalue weighted by atomic mass is 10.0.